The first-order valence-corrected chi connectivity index (χ1v) is 8.78. The molecule has 0 aliphatic rings. The number of rotatable bonds is 6. The molecule has 0 aliphatic carbocycles. The SMILES string of the molecule is Cc1cc(C)c(NC(=O)CN(C)CC(=O)Nc2ccc(C)c(F)c2)c(C)c1. The number of hydrogen-bond donors (Lipinski definition) is 2. The van der Waals surface area contributed by atoms with Gasteiger partial charge in [0.05, 0.1) is 13.1 Å². The molecule has 0 atom stereocenters. The molecule has 0 radical (unpaired) electrons. The van der Waals surface area contributed by atoms with Gasteiger partial charge in [0.25, 0.3) is 0 Å². The molecule has 0 unspecified atom stereocenters. The molecule has 0 fully saturated rings. The van der Waals surface area contributed by atoms with Crippen LogP contribution in [0.2, 0.25) is 0 Å². The van der Waals surface area contributed by atoms with Gasteiger partial charge in [-0.2, -0.15) is 0 Å². The number of carbonyl (C=O) groups excluding carboxylic acids is 2. The first-order valence-electron chi connectivity index (χ1n) is 8.78. The van der Waals surface area contributed by atoms with Crippen LogP contribution in [-0.4, -0.2) is 36.9 Å². The van der Waals surface area contributed by atoms with Crippen molar-refractivity contribution in [3.8, 4) is 0 Å². The minimum Gasteiger partial charge on any atom is -0.325 e. The predicted octanol–water partition coefficient (Wildman–Crippen LogP) is 3.57. The summed E-state index contributed by atoms with van der Waals surface area (Å²) in [6.07, 6.45) is 0. The third-order valence-corrected chi connectivity index (χ3v) is 4.22. The molecule has 144 valence electrons. The molecule has 5 nitrogen and oxygen atoms in total. The van der Waals surface area contributed by atoms with Crippen LogP contribution in [0.1, 0.15) is 22.3 Å². The number of likely N-dealkylation sites (N-methyl/N-ethyl adjacent to an activating group) is 1. The maximum absolute atomic E-state index is 13.5. The lowest BCUT2D eigenvalue weighted by atomic mass is 10.1. The molecule has 0 spiro atoms. The molecule has 0 aliphatic heterocycles. The van der Waals surface area contributed by atoms with E-state index >= 15 is 0 Å². The lowest BCUT2D eigenvalue weighted by Crippen LogP contribution is -2.36. The predicted molar refractivity (Wildman–Crippen MR) is 107 cm³/mol. The largest absolute Gasteiger partial charge is 0.325 e. The van der Waals surface area contributed by atoms with E-state index in [1.807, 2.05) is 32.9 Å². The number of carbonyl (C=O) groups is 2. The van der Waals surface area contributed by atoms with Gasteiger partial charge < -0.3 is 10.6 Å². The van der Waals surface area contributed by atoms with E-state index in [1.54, 1.807) is 31.0 Å². The van der Waals surface area contributed by atoms with Crippen LogP contribution in [0.15, 0.2) is 30.3 Å². The second kappa shape index (κ2) is 8.77. The van der Waals surface area contributed by atoms with E-state index in [2.05, 4.69) is 10.6 Å². The number of hydrogen-bond acceptors (Lipinski definition) is 3. The molecule has 2 aromatic carbocycles. The molecule has 0 bridgehead atoms. The number of amides is 2. The number of nitrogens with zero attached hydrogens (tertiary/aromatic N) is 1. The zero-order valence-electron chi connectivity index (χ0n) is 16.4. The van der Waals surface area contributed by atoms with Crippen LogP contribution < -0.4 is 10.6 Å². The van der Waals surface area contributed by atoms with Gasteiger partial charge in [0.2, 0.25) is 11.8 Å². The average molecular weight is 371 g/mol. The smallest absolute Gasteiger partial charge is 0.238 e. The number of nitrogens with one attached hydrogen (secondary N) is 2. The molecule has 2 aromatic rings. The first kappa shape index (κ1) is 20.6. The van der Waals surface area contributed by atoms with Gasteiger partial charge in [-0.15, -0.1) is 0 Å². The van der Waals surface area contributed by atoms with Crippen LogP contribution in [0.4, 0.5) is 15.8 Å². The standard InChI is InChI=1S/C21H26FN3O2/c1-13-8-15(3)21(16(4)9-13)24-20(27)12-25(5)11-19(26)23-17-7-6-14(2)18(22)10-17/h6-10H,11-12H2,1-5H3,(H,23,26)(H,24,27). The summed E-state index contributed by atoms with van der Waals surface area (Å²) < 4.78 is 13.5. The van der Waals surface area contributed by atoms with Crippen molar-refractivity contribution < 1.29 is 14.0 Å². The van der Waals surface area contributed by atoms with E-state index in [-0.39, 0.29) is 30.7 Å². The first-order chi connectivity index (χ1) is 12.7. The topological polar surface area (TPSA) is 61.4 Å². The van der Waals surface area contributed by atoms with Crippen molar-refractivity contribution in [1.82, 2.24) is 4.90 Å². The van der Waals surface area contributed by atoms with Gasteiger partial charge in [0, 0.05) is 11.4 Å². The van der Waals surface area contributed by atoms with Gasteiger partial charge in [-0.3, -0.25) is 14.5 Å². The summed E-state index contributed by atoms with van der Waals surface area (Å²) in [5.41, 5.74) is 4.86. The molecular formula is C21H26FN3O2. The van der Waals surface area contributed by atoms with Crippen LogP contribution in [0.25, 0.3) is 0 Å². The van der Waals surface area contributed by atoms with E-state index in [1.165, 1.54) is 6.07 Å². The fraction of sp³-hybridized carbons (Fsp3) is 0.333. The van der Waals surface area contributed by atoms with E-state index in [0.29, 0.717) is 11.3 Å². The summed E-state index contributed by atoms with van der Waals surface area (Å²) in [4.78, 5) is 26.0. The van der Waals surface area contributed by atoms with Gasteiger partial charge in [0.15, 0.2) is 0 Å². The van der Waals surface area contributed by atoms with Gasteiger partial charge in [-0.25, -0.2) is 4.39 Å². The normalized spacial score (nSPS) is 10.8. The summed E-state index contributed by atoms with van der Waals surface area (Å²) >= 11 is 0. The number of aryl methyl sites for hydroxylation is 4. The van der Waals surface area contributed by atoms with E-state index in [4.69, 9.17) is 0 Å². The Labute approximate surface area is 159 Å². The minimum absolute atomic E-state index is 0.0226. The summed E-state index contributed by atoms with van der Waals surface area (Å²) in [5, 5.41) is 5.55. The Bertz CT molecular complexity index is 841. The Morgan fingerprint density at radius 3 is 2.00 bits per heavy atom. The molecular weight excluding hydrogens is 345 g/mol. The molecule has 2 N–H and O–H groups in total. The zero-order chi connectivity index (χ0) is 20.1. The van der Waals surface area contributed by atoms with Crippen LogP contribution in [0, 0.1) is 33.5 Å². The molecule has 6 heteroatoms. The highest BCUT2D eigenvalue weighted by Crippen LogP contribution is 2.21. The fourth-order valence-electron chi connectivity index (χ4n) is 2.97. The third-order valence-electron chi connectivity index (χ3n) is 4.22. The minimum atomic E-state index is -0.371. The van der Waals surface area contributed by atoms with Crippen molar-refractivity contribution in [2.24, 2.45) is 0 Å². The molecule has 2 rings (SSSR count). The summed E-state index contributed by atoms with van der Waals surface area (Å²) in [7, 11) is 1.68. The second-order valence-electron chi connectivity index (χ2n) is 7.01. The fourth-order valence-corrected chi connectivity index (χ4v) is 2.97. The Hall–Kier alpha value is -2.73. The van der Waals surface area contributed by atoms with Gasteiger partial charge >= 0.3 is 0 Å². The quantitative estimate of drug-likeness (QED) is 0.816. The van der Waals surface area contributed by atoms with E-state index in [9.17, 15) is 14.0 Å². The molecule has 0 heterocycles. The van der Waals surface area contributed by atoms with Gasteiger partial charge in [0.1, 0.15) is 5.82 Å². The van der Waals surface area contributed by atoms with Crippen molar-refractivity contribution in [3.05, 3.63) is 58.4 Å². The van der Waals surface area contributed by atoms with Crippen LogP contribution in [0.3, 0.4) is 0 Å². The summed E-state index contributed by atoms with van der Waals surface area (Å²) in [5.74, 6) is -0.873. The molecule has 0 saturated heterocycles. The molecule has 27 heavy (non-hydrogen) atoms. The Morgan fingerprint density at radius 2 is 1.44 bits per heavy atom. The highest BCUT2D eigenvalue weighted by molar-refractivity contribution is 5.95. The summed E-state index contributed by atoms with van der Waals surface area (Å²) in [6.45, 7) is 7.67. The Morgan fingerprint density at radius 1 is 0.889 bits per heavy atom. The number of anilines is 2. The van der Waals surface area contributed by atoms with E-state index in [0.717, 1.165) is 22.4 Å². The van der Waals surface area contributed by atoms with Crippen LogP contribution in [-0.2, 0) is 9.59 Å². The van der Waals surface area contributed by atoms with Crippen molar-refractivity contribution >= 4 is 23.2 Å². The molecule has 0 aromatic heterocycles. The second-order valence-corrected chi connectivity index (χ2v) is 7.01. The highest BCUT2D eigenvalue weighted by atomic mass is 19.1. The number of halogens is 1. The van der Waals surface area contributed by atoms with E-state index < -0.39 is 0 Å². The van der Waals surface area contributed by atoms with Crippen molar-refractivity contribution in [1.29, 1.82) is 0 Å². The van der Waals surface area contributed by atoms with Crippen LogP contribution in [0.5, 0.6) is 0 Å². The van der Waals surface area contributed by atoms with Crippen LogP contribution >= 0.6 is 0 Å². The van der Waals surface area contributed by atoms with Crippen molar-refractivity contribution in [2.75, 3.05) is 30.8 Å². The lowest BCUT2D eigenvalue weighted by Gasteiger charge is -2.18. The maximum Gasteiger partial charge on any atom is 0.238 e. The average Bonchev–Trinajstić information content (AvgIpc) is 2.54. The maximum atomic E-state index is 13.5. The third kappa shape index (κ3) is 5.89. The van der Waals surface area contributed by atoms with Gasteiger partial charge in [-0.1, -0.05) is 23.8 Å². The van der Waals surface area contributed by atoms with Crippen molar-refractivity contribution in [3.63, 3.8) is 0 Å². The lowest BCUT2D eigenvalue weighted by molar-refractivity contribution is -0.119. The highest BCUT2D eigenvalue weighted by Gasteiger charge is 2.13. The Kier molecular flexibility index (Phi) is 6.69. The molecule has 2 amide bonds. The van der Waals surface area contributed by atoms with Crippen molar-refractivity contribution in [2.45, 2.75) is 27.7 Å². The summed E-state index contributed by atoms with van der Waals surface area (Å²) in [6, 6.07) is 8.56. The zero-order valence-corrected chi connectivity index (χ0v) is 16.4. The molecule has 0 saturated carbocycles. The Balaban J connectivity index is 1.89. The number of benzene rings is 2. The monoisotopic (exact) mass is 371 g/mol. The van der Waals surface area contributed by atoms with Gasteiger partial charge in [-0.05, 0) is 63.6 Å².